The maximum atomic E-state index is 14.2. The van der Waals surface area contributed by atoms with Gasteiger partial charge >= 0.3 is 0 Å². The number of ether oxygens (including phenoxy) is 2. The van der Waals surface area contributed by atoms with Gasteiger partial charge in [-0.2, -0.15) is 15.0 Å². The number of likely N-dealkylation sites (N-methyl/N-ethyl adjacent to an activating group) is 1. The first-order valence-electron chi connectivity index (χ1n) is 11.8. The largest absolute Gasteiger partial charge is 0.494 e. The van der Waals surface area contributed by atoms with Crippen LogP contribution >= 0.6 is 0 Å². The zero-order valence-corrected chi connectivity index (χ0v) is 21.5. The Morgan fingerprint density at radius 3 is 2.49 bits per heavy atom. The fourth-order valence-corrected chi connectivity index (χ4v) is 5.49. The highest BCUT2D eigenvalue weighted by molar-refractivity contribution is 7.88. The molecule has 1 atom stereocenters. The van der Waals surface area contributed by atoms with Crippen molar-refractivity contribution in [3.05, 3.63) is 24.0 Å². The number of hydrogen-bond donors (Lipinski definition) is 0. The number of alkyl halides is 2. The minimum absolute atomic E-state index is 0.0117. The third kappa shape index (κ3) is 4.90. The minimum atomic E-state index is -3.34. The van der Waals surface area contributed by atoms with Crippen LogP contribution in [-0.4, -0.2) is 103 Å². The van der Waals surface area contributed by atoms with Crippen LogP contribution in [0.2, 0.25) is 0 Å². The maximum Gasteiger partial charge on any atom is 0.296 e. The van der Waals surface area contributed by atoms with E-state index in [9.17, 15) is 17.2 Å². The number of benzene rings is 1. The number of aromatic nitrogens is 5. The Kier molecular flexibility index (Phi) is 6.85. The van der Waals surface area contributed by atoms with Gasteiger partial charge in [0.25, 0.3) is 6.43 Å². The van der Waals surface area contributed by atoms with Crippen molar-refractivity contribution in [2.75, 3.05) is 69.6 Å². The lowest BCUT2D eigenvalue weighted by atomic mass is 10.2. The highest BCUT2D eigenvalue weighted by Crippen LogP contribution is 2.32. The normalized spacial score (nSPS) is 19.2. The molecule has 0 bridgehead atoms. The summed E-state index contributed by atoms with van der Waals surface area (Å²) in [5.74, 6) is 0.387. The van der Waals surface area contributed by atoms with Crippen molar-refractivity contribution in [1.82, 2.24) is 28.8 Å². The molecule has 4 heterocycles. The SMILES string of the molecule is COc1cccc2c1nc(C(F)F)n2-c1nc(N2CCOCC2)nc(N(C)C2CCN(S(C)(=O)=O)C2)n1. The minimum Gasteiger partial charge on any atom is -0.494 e. The van der Waals surface area contributed by atoms with Crippen LogP contribution in [0.3, 0.4) is 0 Å². The fraction of sp³-hybridized carbons (Fsp3) is 0.545. The molecule has 0 saturated carbocycles. The van der Waals surface area contributed by atoms with E-state index in [1.54, 1.807) is 30.1 Å². The summed E-state index contributed by atoms with van der Waals surface area (Å²) in [6.45, 7) is 2.66. The van der Waals surface area contributed by atoms with Crippen LogP contribution in [0, 0.1) is 0 Å². The third-order valence-electron chi connectivity index (χ3n) is 6.64. The average Bonchev–Trinajstić information content (AvgIpc) is 3.54. The molecule has 0 spiro atoms. The van der Waals surface area contributed by atoms with E-state index in [0.717, 1.165) is 0 Å². The summed E-state index contributed by atoms with van der Waals surface area (Å²) in [6.07, 6.45) is -1.15. The molecule has 2 fully saturated rings. The molecular formula is C22H28F2N8O4S. The molecule has 0 N–H and O–H groups in total. The Morgan fingerprint density at radius 1 is 1.11 bits per heavy atom. The monoisotopic (exact) mass is 538 g/mol. The van der Waals surface area contributed by atoms with E-state index in [1.807, 2.05) is 4.90 Å². The van der Waals surface area contributed by atoms with Crippen molar-refractivity contribution in [1.29, 1.82) is 0 Å². The smallest absolute Gasteiger partial charge is 0.296 e. The molecule has 5 rings (SSSR count). The molecule has 2 saturated heterocycles. The van der Waals surface area contributed by atoms with Gasteiger partial charge in [0, 0.05) is 39.3 Å². The second-order valence-corrected chi connectivity index (χ2v) is 10.9. The molecule has 0 amide bonds. The Balaban J connectivity index is 1.64. The molecule has 0 aliphatic carbocycles. The van der Waals surface area contributed by atoms with Crippen LogP contribution in [0.5, 0.6) is 5.75 Å². The summed E-state index contributed by atoms with van der Waals surface area (Å²) in [5.41, 5.74) is 0.634. The van der Waals surface area contributed by atoms with Crippen LogP contribution in [0.1, 0.15) is 18.7 Å². The quantitative estimate of drug-likeness (QED) is 0.437. The Bertz CT molecular complexity index is 1400. The molecular weight excluding hydrogens is 510 g/mol. The molecule has 2 aliphatic heterocycles. The number of anilines is 2. The van der Waals surface area contributed by atoms with E-state index in [1.165, 1.54) is 22.2 Å². The van der Waals surface area contributed by atoms with E-state index >= 15 is 0 Å². The predicted molar refractivity (Wildman–Crippen MR) is 132 cm³/mol. The number of imidazole rings is 1. The van der Waals surface area contributed by atoms with E-state index in [2.05, 4.69) is 19.9 Å². The highest BCUT2D eigenvalue weighted by Gasteiger charge is 2.33. The van der Waals surface area contributed by atoms with Crippen molar-refractivity contribution in [2.45, 2.75) is 18.9 Å². The molecule has 37 heavy (non-hydrogen) atoms. The molecule has 2 aromatic heterocycles. The summed E-state index contributed by atoms with van der Waals surface area (Å²) < 4.78 is 65.9. The number of halogens is 2. The lowest BCUT2D eigenvalue weighted by Gasteiger charge is -2.29. The number of hydrogen-bond acceptors (Lipinski definition) is 10. The van der Waals surface area contributed by atoms with E-state index in [0.29, 0.717) is 56.5 Å². The van der Waals surface area contributed by atoms with Crippen LogP contribution < -0.4 is 14.5 Å². The topological polar surface area (TPSA) is 119 Å². The van der Waals surface area contributed by atoms with Crippen molar-refractivity contribution in [2.24, 2.45) is 0 Å². The number of methoxy groups -OCH3 is 1. The van der Waals surface area contributed by atoms with Gasteiger partial charge in [-0.05, 0) is 18.6 Å². The van der Waals surface area contributed by atoms with Crippen LogP contribution in [0.25, 0.3) is 17.0 Å². The van der Waals surface area contributed by atoms with E-state index in [4.69, 9.17) is 9.47 Å². The third-order valence-corrected chi connectivity index (χ3v) is 7.91. The first-order chi connectivity index (χ1) is 17.7. The van der Waals surface area contributed by atoms with Gasteiger partial charge in [0.15, 0.2) is 5.82 Å². The summed E-state index contributed by atoms with van der Waals surface area (Å²) in [7, 11) is -0.129. The van der Waals surface area contributed by atoms with Crippen LogP contribution in [-0.2, 0) is 14.8 Å². The summed E-state index contributed by atoms with van der Waals surface area (Å²) >= 11 is 0. The molecule has 15 heteroatoms. The lowest BCUT2D eigenvalue weighted by molar-refractivity contribution is 0.122. The fourth-order valence-electron chi connectivity index (χ4n) is 4.61. The lowest BCUT2D eigenvalue weighted by Crippen LogP contribution is -2.40. The van der Waals surface area contributed by atoms with Gasteiger partial charge in [-0.25, -0.2) is 26.5 Å². The van der Waals surface area contributed by atoms with Gasteiger partial charge in [0.1, 0.15) is 11.3 Å². The maximum absolute atomic E-state index is 14.2. The van der Waals surface area contributed by atoms with E-state index in [-0.39, 0.29) is 30.0 Å². The zero-order chi connectivity index (χ0) is 26.3. The molecule has 1 aromatic carbocycles. The summed E-state index contributed by atoms with van der Waals surface area (Å²) in [5, 5.41) is 0. The first kappa shape index (κ1) is 25.5. The standard InChI is InChI=1S/C22H28F2N8O4S/c1-29(14-7-8-31(13-14)37(3,33)34)20-26-21(30-9-11-36-12-10-30)28-22(27-20)32-15-5-4-6-16(35-2)17(15)25-19(32)18(23)24/h4-6,14,18H,7-13H2,1-3H3. The summed E-state index contributed by atoms with van der Waals surface area (Å²) in [4.78, 5) is 21.6. The van der Waals surface area contributed by atoms with E-state index < -0.39 is 22.3 Å². The van der Waals surface area contributed by atoms with Gasteiger partial charge in [-0.1, -0.05) is 6.07 Å². The molecule has 12 nitrogen and oxygen atoms in total. The van der Waals surface area contributed by atoms with Crippen molar-refractivity contribution in [3.63, 3.8) is 0 Å². The second-order valence-electron chi connectivity index (χ2n) is 8.94. The van der Waals surface area contributed by atoms with Crippen molar-refractivity contribution in [3.8, 4) is 11.7 Å². The zero-order valence-electron chi connectivity index (χ0n) is 20.7. The highest BCUT2D eigenvalue weighted by atomic mass is 32.2. The Morgan fingerprint density at radius 2 is 1.84 bits per heavy atom. The number of rotatable bonds is 7. The number of para-hydroxylation sites is 1. The first-order valence-corrected chi connectivity index (χ1v) is 13.6. The van der Waals surface area contributed by atoms with Gasteiger partial charge in [0.2, 0.25) is 27.9 Å². The van der Waals surface area contributed by atoms with Gasteiger partial charge in [-0.15, -0.1) is 0 Å². The molecule has 2 aliphatic rings. The number of morpholine rings is 1. The Hall–Kier alpha value is -3.17. The van der Waals surface area contributed by atoms with Crippen molar-refractivity contribution >= 4 is 33.0 Å². The van der Waals surface area contributed by atoms with Gasteiger partial charge in [-0.3, -0.25) is 4.57 Å². The molecule has 3 aromatic rings. The van der Waals surface area contributed by atoms with Gasteiger partial charge < -0.3 is 19.3 Å². The number of nitrogens with zero attached hydrogens (tertiary/aromatic N) is 8. The van der Waals surface area contributed by atoms with Crippen LogP contribution in [0.15, 0.2) is 18.2 Å². The van der Waals surface area contributed by atoms with Crippen LogP contribution in [0.4, 0.5) is 20.7 Å². The number of sulfonamides is 1. The van der Waals surface area contributed by atoms with Gasteiger partial charge in [0.05, 0.1) is 32.1 Å². The second kappa shape index (κ2) is 9.95. The molecule has 200 valence electrons. The Labute approximate surface area is 212 Å². The summed E-state index contributed by atoms with van der Waals surface area (Å²) in [6, 6.07) is 4.79. The average molecular weight is 539 g/mol. The molecule has 0 radical (unpaired) electrons. The van der Waals surface area contributed by atoms with Crippen molar-refractivity contribution < 1.29 is 26.7 Å². The predicted octanol–water partition coefficient (Wildman–Crippen LogP) is 1.46. The number of fused-ring (bicyclic) bond motifs is 1. The molecule has 1 unspecified atom stereocenters.